The van der Waals surface area contributed by atoms with Crippen molar-refractivity contribution in [3.05, 3.63) is 59.9 Å². The second-order valence-corrected chi connectivity index (χ2v) is 6.52. The Balaban J connectivity index is 1.62. The summed E-state index contributed by atoms with van der Waals surface area (Å²) in [4.78, 5) is 26.7. The minimum absolute atomic E-state index is 0.0464. The zero-order valence-electron chi connectivity index (χ0n) is 15.3. The molecule has 1 heterocycles. The Morgan fingerprint density at radius 1 is 1.19 bits per heavy atom. The second-order valence-electron chi connectivity index (χ2n) is 6.52. The number of hydrogen-bond donors (Lipinski definition) is 1. The summed E-state index contributed by atoms with van der Waals surface area (Å²) in [6.45, 7) is 3.31. The molecule has 142 valence electrons. The van der Waals surface area contributed by atoms with Crippen LogP contribution in [0.3, 0.4) is 0 Å². The number of nitrogens with zero attached hydrogens (tertiary/aromatic N) is 1. The predicted octanol–water partition coefficient (Wildman–Crippen LogP) is 3.72. The summed E-state index contributed by atoms with van der Waals surface area (Å²) in [5.41, 5.74) is 0.728. The van der Waals surface area contributed by atoms with Crippen molar-refractivity contribution < 1.29 is 18.7 Å². The van der Waals surface area contributed by atoms with Gasteiger partial charge in [-0.1, -0.05) is 12.1 Å². The lowest BCUT2D eigenvalue weighted by Crippen LogP contribution is -2.44. The van der Waals surface area contributed by atoms with Gasteiger partial charge in [-0.05, 0) is 56.2 Å². The molecule has 3 rings (SSSR count). The van der Waals surface area contributed by atoms with Gasteiger partial charge in [-0.25, -0.2) is 4.39 Å². The molecule has 27 heavy (non-hydrogen) atoms. The molecule has 5 nitrogen and oxygen atoms in total. The van der Waals surface area contributed by atoms with Gasteiger partial charge in [-0.15, -0.1) is 0 Å². The molecule has 0 aliphatic carbocycles. The zero-order chi connectivity index (χ0) is 19.2. The highest BCUT2D eigenvalue weighted by Gasteiger charge is 2.29. The lowest BCUT2D eigenvalue weighted by molar-refractivity contribution is -0.121. The van der Waals surface area contributed by atoms with E-state index in [0.29, 0.717) is 31.7 Å². The molecule has 2 aromatic rings. The molecule has 0 saturated carbocycles. The van der Waals surface area contributed by atoms with Crippen LogP contribution in [0.1, 0.15) is 30.1 Å². The molecule has 1 fully saturated rings. The van der Waals surface area contributed by atoms with Gasteiger partial charge in [-0.3, -0.25) is 9.59 Å². The molecular formula is C21H23FN2O3. The Labute approximate surface area is 158 Å². The van der Waals surface area contributed by atoms with Crippen LogP contribution in [0, 0.1) is 11.7 Å². The van der Waals surface area contributed by atoms with Crippen molar-refractivity contribution in [1.82, 2.24) is 4.90 Å². The maximum absolute atomic E-state index is 13.9. The number of ether oxygens (including phenoxy) is 1. The van der Waals surface area contributed by atoms with E-state index >= 15 is 0 Å². The van der Waals surface area contributed by atoms with Gasteiger partial charge < -0.3 is 15.0 Å². The number of anilines is 1. The smallest absolute Gasteiger partial charge is 0.256 e. The normalized spacial score (nSPS) is 16.7. The minimum atomic E-state index is -0.538. The Hall–Kier alpha value is -2.89. The number of carbonyl (C=O) groups excluding carboxylic acids is 2. The molecule has 1 unspecified atom stereocenters. The predicted molar refractivity (Wildman–Crippen MR) is 101 cm³/mol. The van der Waals surface area contributed by atoms with Crippen LogP contribution in [0.15, 0.2) is 48.5 Å². The third-order valence-electron chi connectivity index (χ3n) is 4.62. The number of likely N-dealkylation sites (tertiary alicyclic amines) is 1. The molecule has 1 aliphatic heterocycles. The monoisotopic (exact) mass is 370 g/mol. The van der Waals surface area contributed by atoms with Crippen LogP contribution in [-0.2, 0) is 4.79 Å². The molecule has 0 aromatic heterocycles. The Morgan fingerprint density at radius 2 is 1.93 bits per heavy atom. The van der Waals surface area contributed by atoms with Crippen LogP contribution in [0.25, 0.3) is 0 Å². The van der Waals surface area contributed by atoms with Crippen molar-refractivity contribution in [2.45, 2.75) is 19.8 Å². The number of carbonyl (C=O) groups is 2. The summed E-state index contributed by atoms with van der Waals surface area (Å²) >= 11 is 0. The number of piperidine rings is 1. The Kier molecular flexibility index (Phi) is 6.06. The van der Waals surface area contributed by atoms with Crippen LogP contribution in [-0.4, -0.2) is 36.4 Å². The summed E-state index contributed by atoms with van der Waals surface area (Å²) in [5.74, 6) is -0.615. The van der Waals surface area contributed by atoms with Crippen molar-refractivity contribution in [2.75, 3.05) is 25.0 Å². The van der Waals surface area contributed by atoms with Crippen molar-refractivity contribution in [3.63, 3.8) is 0 Å². The van der Waals surface area contributed by atoms with E-state index in [1.807, 2.05) is 6.92 Å². The van der Waals surface area contributed by atoms with Gasteiger partial charge in [0.1, 0.15) is 11.6 Å². The first kappa shape index (κ1) is 18.9. The van der Waals surface area contributed by atoms with Crippen molar-refractivity contribution in [3.8, 4) is 5.75 Å². The highest BCUT2D eigenvalue weighted by Crippen LogP contribution is 2.22. The van der Waals surface area contributed by atoms with E-state index in [1.54, 1.807) is 41.3 Å². The van der Waals surface area contributed by atoms with Crippen LogP contribution in [0.4, 0.5) is 10.1 Å². The first-order valence-corrected chi connectivity index (χ1v) is 9.16. The molecule has 0 bridgehead atoms. The van der Waals surface area contributed by atoms with Crippen LogP contribution >= 0.6 is 0 Å². The summed E-state index contributed by atoms with van der Waals surface area (Å²) in [5, 5.41) is 2.89. The van der Waals surface area contributed by atoms with E-state index in [4.69, 9.17) is 4.74 Å². The van der Waals surface area contributed by atoms with Crippen LogP contribution in [0.2, 0.25) is 0 Å². The van der Waals surface area contributed by atoms with Crippen LogP contribution < -0.4 is 10.1 Å². The highest BCUT2D eigenvalue weighted by atomic mass is 19.1. The molecule has 1 atom stereocenters. The van der Waals surface area contributed by atoms with E-state index in [0.717, 1.165) is 5.75 Å². The lowest BCUT2D eigenvalue weighted by atomic mass is 9.96. The van der Waals surface area contributed by atoms with Gasteiger partial charge in [0.25, 0.3) is 5.91 Å². The van der Waals surface area contributed by atoms with E-state index < -0.39 is 5.82 Å². The average molecular weight is 370 g/mol. The summed E-state index contributed by atoms with van der Waals surface area (Å²) in [6.07, 6.45) is 1.41. The van der Waals surface area contributed by atoms with Gasteiger partial charge in [0, 0.05) is 18.8 Å². The van der Waals surface area contributed by atoms with Gasteiger partial charge in [-0.2, -0.15) is 0 Å². The van der Waals surface area contributed by atoms with Gasteiger partial charge >= 0.3 is 0 Å². The largest absolute Gasteiger partial charge is 0.494 e. The number of amides is 2. The van der Waals surface area contributed by atoms with E-state index in [9.17, 15) is 14.0 Å². The molecular weight excluding hydrogens is 347 g/mol. The molecule has 1 aliphatic rings. The quantitative estimate of drug-likeness (QED) is 0.873. The van der Waals surface area contributed by atoms with E-state index in [-0.39, 0.29) is 29.8 Å². The van der Waals surface area contributed by atoms with Crippen molar-refractivity contribution in [2.24, 2.45) is 5.92 Å². The summed E-state index contributed by atoms with van der Waals surface area (Å²) < 4.78 is 19.3. The lowest BCUT2D eigenvalue weighted by Gasteiger charge is -2.32. The number of benzene rings is 2. The number of hydrogen-bond acceptors (Lipinski definition) is 3. The molecule has 2 amide bonds. The fraction of sp³-hybridized carbons (Fsp3) is 0.333. The third-order valence-corrected chi connectivity index (χ3v) is 4.62. The molecule has 2 aromatic carbocycles. The van der Waals surface area contributed by atoms with Crippen molar-refractivity contribution >= 4 is 17.5 Å². The topological polar surface area (TPSA) is 58.6 Å². The molecule has 6 heteroatoms. The summed E-state index contributed by atoms with van der Waals surface area (Å²) in [6, 6.07) is 13.1. The maximum atomic E-state index is 13.9. The SMILES string of the molecule is CCOc1ccc(NC(=O)C2CCCN(C(=O)c3ccccc3F)C2)cc1. The zero-order valence-corrected chi connectivity index (χ0v) is 15.3. The number of nitrogens with one attached hydrogen (secondary N) is 1. The highest BCUT2D eigenvalue weighted by molar-refractivity contribution is 5.96. The maximum Gasteiger partial charge on any atom is 0.256 e. The van der Waals surface area contributed by atoms with Gasteiger partial charge in [0.2, 0.25) is 5.91 Å². The number of rotatable bonds is 5. The number of halogens is 1. The second kappa shape index (κ2) is 8.66. The molecule has 1 N–H and O–H groups in total. The minimum Gasteiger partial charge on any atom is -0.494 e. The molecule has 0 spiro atoms. The molecule has 0 radical (unpaired) electrons. The van der Waals surface area contributed by atoms with Crippen molar-refractivity contribution in [1.29, 1.82) is 0 Å². The van der Waals surface area contributed by atoms with E-state index in [2.05, 4.69) is 5.32 Å². The van der Waals surface area contributed by atoms with Gasteiger partial charge in [0.05, 0.1) is 18.1 Å². The van der Waals surface area contributed by atoms with E-state index in [1.165, 1.54) is 12.1 Å². The van der Waals surface area contributed by atoms with Gasteiger partial charge in [0.15, 0.2) is 0 Å². The van der Waals surface area contributed by atoms with Crippen LogP contribution in [0.5, 0.6) is 5.75 Å². The Morgan fingerprint density at radius 3 is 2.63 bits per heavy atom. The first-order chi connectivity index (χ1) is 13.1. The third kappa shape index (κ3) is 4.64. The fourth-order valence-electron chi connectivity index (χ4n) is 3.23. The first-order valence-electron chi connectivity index (χ1n) is 9.16. The standard InChI is InChI=1S/C21H23FN2O3/c1-2-27-17-11-9-16(10-12-17)23-20(25)15-6-5-13-24(14-15)21(26)18-7-3-4-8-19(18)22/h3-4,7-12,15H,2,5-6,13-14H2,1H3,(H,23,25). The fourth-order valence-corrected chi connectivity index (χ4v) is 3.23. The Bertz CT molecular complexity index is 807. The average Bonchev–Trinajstić information content (AvgIpc) is 2.69. The molecule has 1 saturated heterocycles. The summed E-state index contributed by atoms with van der Waals surface area (Å²) in [7, 11) is 0.